The lowest BCUT2D eigenvalue weighted by Crippen LogP contribution is -2.16. The average Bonchev–Trinajstić information content (AvgIpc) is 2.44. The highest BCUT2D eigenvalue weighted by Crippen LogP contribution is 2.28. The van der Waals surface area contributed by atoms with Crippen molar-refractivity contribution in [2.75, 3.05) is 0 Å². The van der Waals surface area contributed by atoms with E-state index in [1.54, 1.807) is 13.0 Å². The van der Waals surface area contributed by atoms with Gasteiger partial charge in [-0.3, -0.25) is 4.58 Å². The monoisotopic (exact) mass is 234 g/mol. The minimum Gasteiger partial charge on any atom is -0.255 e. The molecule has 1 aliphatic rings. The van der Waals surface area contributed by atoms with E-state index in [1.807, 2.05) is 0 Å². The van der Waals surface area contributed by atoms with Crippen LogP contribution in [0.1, 0.15) is 42.7 Å². The standard InChI is InChI=1S/C16H19N/c1-11-6-7-15(13(3)8-11)16-9-12(2)14(4)10-17(16)5/h6-10H,5H2,1-4H3/i1D3,2D3,4D3. The first-order valence-corrected chi connectivity index (χ1v) is 5.15. The summed E-state index contributed by atoms with van der Waals surface area (Å²) in [6, 6.07) is 4.92. The van der Waals surface area contributed by atoms with Gasteiger partial charge in [-0.15, -0.1) is 6.07 Å². The van der Waals surface area contributed by atoms with Crippen molar-refractivity contribution >= 4 is 6.72 Å². The second-order valence-corrected chi connectivity index (χ2v) is 3.99. The first-order chi connectivity index (χ1) is 11.6. The van der Waals surface area contributed by atoms with Gasteiger partial charge < -0.3 is 0 Å². The molecule has 2 rings (SSSR count). The molecule has 0 fully saturated rings. The Kier molecular flexibility index (Phi) is 1.21. The van der Waals surface area contributed by atoms with Crippen molar-refractivity contribution in [2.45, 2.75) is 27.5 Å². The van der Waals surface area contributed by atoms with Crippen LogP contribution >= 0.6 is 0 Å². The third-order valence-corrected chi connectivity index (χ3v) is 2.67. The molecule has 0 unspecified atom stereocenters. The zero-order valence-corrected chi connectivity index (χ0v) is 9.54. The predicted molar refractivity (Wildman–Crippen MR) is 73.2 cm³/mol. The fraction of sp³-hybridized carbons (Fsp3) is 0.250. The third kappa shape index (κ3) is 2.19. The SMILES string of the molecule is [2H]C([2H])([2H])C1=C[C-](c2ccc(C([2H])([2H])[2H])cc2C)[N+](=C)C=C1C([2H])([2H])[2H]. The Bertz CT molecular complexity index is 791. The van der Waals surface area contributed by atoms with E-state index in [-0.39, 0.29) is 16.7 Å². The first kappa shape index (κ1) is 4.85. The summed E-state index contributed by atoms with van der Waals surface area (Å²) >= 11 is 0. The van der Waals surface area contributed by atoms with Crippen LogP contribution < -0.4 is 0 Å². The van der Waals surface area contributed by atoms with E-state index < -0.39 is 20.6 Å². The Hall–Kier alpha value is -1.76. The number of rotatable bonds is 1. The predicted octanol–water partition coefficient (Wildman–Crippen LogP) is 3.76. The Labute approximate surface area is 116 Å². The smallest absolute Gasteiger partial charge is 0.147 e. The maximum atomic E-state index is 7.67. The van der Waals surface area contributed by atoms with Crippen molar-refractivity contribution in [2.24, 2.45) is 0 Å². The van der Waals surface area contributed by atoms with Crippen LogP contribution in [-0.4, -0.2) is 11.3 Å². The van der Waals surface area contributed by atoms with Crippen LogP contribution in [0.2, 0.25) is 0 Å². The lowest BCUT2D eigenvalue weighted by Gasteiger charge is -2.22. The number of nitrogens with zero attached hydrogens (tertiary/aromatic N) is 1. The molecule has 1 aliphatic heterocycles. The molecule has 88 valence electrons. The molecule has 0 saturated carbocycles. The van der Waals surface area contributed by atoms with Gasteiger partial charge in [0.05, 0.1) is 6.72 Å². The maximum Gasteiger partial charge on any atom is 0.147 e. The van der Waals surface area contributed by atoms with Crippen LogP contribution in [0.15, 0.2) is 41.6 Å². The van der Waals surface area contributed by atoms with Gasteiger partial charge in [-0.25, -0.2) is 0 Å². The molecule has 0 atom stereocenters. The molecule has 17 heavy (non-hydrogen) atoms. The maximum absolute atomic E-state index is 7.67. The van der Waals surface area contributed by atoms with Gasteiger partial charge in [0, 0.05) is 12.3 Å². The van der Waals surface area contributed by atoms with Gasteiger partial charge >= 0.3 is 0 Å². The van der Waals surface area contributed by atoms with Crippen LogP contribution in [0.4, 0.5) is 0 Å². The minimum absolute atomic E-state index is 0.171. The van der Waals surface area contributed by atoms with Gasteiger partial charge in [-0.05, 0) is 30.9 Å². The summed E-state index contributed by atoms with van der Waals surface area (Å²) in [6.07, 6.45) is 2.49. The Balaban J connectivity index is 2.57. The van der Waals surface area contributed by atoms with E-state index in [4.69, 9.17) is 12.3 Å². The van der Waals surface area contributed by atoms with Gasteiger partial charge in [-0.2, -0.15) is 0 Å². The van der Waals surface area contributed by atoms with Crippen LogP contribution in [0, 0.1) is 19.8 Å². The first-order valence-electron chi connectivity index (χ1n) is 9.65. The second kappa shape index (κ2) is 4.25. The summed E-state index contributed by atoms with van der Waals surface area (Å²) in [5.74, 6) is 0. The molecule has 1 heterocycles. The van der Waals surface area contributed by atoms with Crippen molar-refractivity contribution in [3.8, 4) is 0 Å². The summed E-state index contributed by atoms with van der Waals surface area (Å²) in [5.41, 5.74) is 0.814. The summed E-state index contributed by atoms with van der Waals surface area (Å²) < 4.78 is 69.5. The molecule has 1 aromatic rings. The van der Waals surface area contributed by atoms with E-state index in [9.17, 15) is 0 Å². The topological polar surface area (TPSA) is 3.01 Å². The zero-order valence-electron chi connectivity index (χ0n) is 18.5. The van der Waals surface area contributed by atoms with Gasteiger partial charge in [0.1, 0.15) is 12.2 Å². The second-order valence-electron chi connectivity index (χ2n) is 3.99. The van der Waals surface area contributed by atoms with Crippen LogP contribution in [0.3, 0.4) is 0 Å². The highest BCUT2D eigenvalue weighted by atomic mass is 15.0. The quantitative estimate of drug-likeness (QED) is 0.514. The van der Waals surface area contributed by atoms with Crippen molar-refractivity contribution in [1.29, 1.82) is 0 Å². The molecule has 0 spiro atoms. The van der Waals surface area contributed by atoms with E-state index in [0.717, 1.165) is 0 Å². The minimum atomic E-state index is -2.61. The van der Waals surface area contributed by atoms with Crippen molar-refractivity contribution < 1.29 is 16.9 Å². The Morgan fingerprint density at radius 2 is 2.06 bits per heavy atom. The lowest BCUT2D eigenvalue weighted by molar-refractivity contribution is -0.419. The fourth-order valence-corrected chi connectivity index (χ4v) is 1.78. The molecule has 0 amide bonds. The normalized spacial score (nSPS) is 25.8. The van der Waals surface area contributed by atoms with Crippen LogP contribution in [0.25, 0.3) is 0 Å². The van der Waals surface area contributed by atoms with E-state index in [1.165, 1.54) is 29.0 Å². The van der Waals surface area contributed by atoms with Gasteiger partial charge in [0.2, 0.25) is 0 Å². The highest BCUT2D eigenvalue weighted by molar-refractivity contribution is 5.47. The van der Waals surface area contributed by atoms with Crippen molar-refractivity contribution in [3.63, 3.8) is 0 Å². The average molecular weight is 234 g/mol. The Morgan fingerprint density at radius 1 is 1.24 bits per heavy atom. The molecule has 1 heteroatoms. The molecule has 0 aliphatic carbocycles. The molecule has 0 N–H and O–H groups in total. The molecule has 0 bridgehead atoms. The fourth-order valence-electron chi connectivity index (χ4n) is 1.78. The number of benzene rings is 1. The van der Waals surface area contributed by atoms with E-state index >= 15 is 0 Å². The van der Waals surface area contributed by atoms with Crippen molar-refractivity contribution in [1.82, 2.24) is 0 Å². The van der Waals surface area contributed by atoms with Gasteiger partial charge in [0.15, 0.2) is 0 Å². The summed E-state index contributed by atoms with van der Waals surface area (Å²) in [4.78, 5) is 0. The van der Waals surface area contributed by atoms with Crippen LogP contribution in [-0.2, 0) is 0 Å². The van der Waals surface area contributed by atoms with Crippen molar-refractivity contribution in [3.05, 3.63) is 64.4 Å². The van der Waals surface area contributed by atoms with E-state index in [0.29, 0.717) is 17.2 Å². The molecule has 1 aromatic carbocycles. The van der Waals surface area contributed by atoms with Gasteiger partial charge in [0.25, 0.3) is 0 Å². The number of aryl methyl sites for hydroxylation is 2. The molecule has 1 nitrogen and oxygen atoms in total. The highest BCUT2D eigenvalue weighted by Gasteiger charge is 2.19. The molecule has 0 saturated heterocycles. The molecular formula is C16H19N. The summed E-state index contributed by atoms with van der Waals surface area (Å²) in [7, 11) is 0. The van der Waals surface area contributed by atoms with E-state index in [2.05, 4.69) is 6.72 Å². The number of hydrogen-bond donors (Lipinski definition) is 0. The number of allylic oxidation sites excluding steroid dienone is 2. The van der Waals surface area contributed by atoms with Crippen LogP contribution in [0.5, 0.6) is 0 Å². The largest absolute Gasteiger partial charge is 0.255 e. The molecule has 0 radical (unpaired) electrons. The number of hydrogen-bond acceptors (Lipinski definition) is 0. The lowest BCUT2D eigenvalue weighted by atomic mass is 9.94. The molecule has 0 aromatic heterocycles. The van der Waals surface area contributed by atoms with Gasteiger partial charge in [-0.1, -0.05) is 42.6 Å². The molecular weight excluding hydrogens is 206 g/mol. The summed E-state index contributed by atoms with van der Waals surface area (Å²) in [5, 5.41) is 0. The zero-order chi connectivity index (χ0) is 20.1. The third-order valence-electron chi connectivity index (χ3n) is 2.67. The summed E-state index contributed by atoms with van der Waals surface area (Å²) in [6.45, 7) is -1.97. The Morgan fingerprint density at radius 3 is 2.71 bits per heavy atom.